The molecule has 124 valence electrons. The van der Waals surface area contributed by atoms with Crippen molar-refractivity contribution in [3.05, 3.63) is 29.8 Å². The molecule has 6 nitrogen and oxygen atoms in total. The minimum absolute atomic E-state index is 0.0872. The molecule has 1 aromatic rings. The highest BCUT2D eigenvalue weighted by Gasteiger charge is 2.21. The number of nitrogens with zero attached hydrogens (tertiary/aromatic N) is 1. The lowest BCUT2D eigenvalue weighted by atomic mass is 9.88. The highest BCUT2D eigenvalue weighted by atomic mass is 16.5. The number of amides is 2. The zero-order valence-electron chi connectivity index (χ0n) is 13.6. The summed E-state index contributed by atoms with van der Waals surface area (Å²) in [6, 6.07) is 7.42. The van der Waals surface area contributed by atoms with E-state index >= 15 is 0 Å². The van der Waals surface area contributed by atoms with Gasteiger partial charge in [-0.05, 0) is 37.5 Å². The summed E-state index contributed by atoms with van der Waals surface area (Å²) < 4.78 is 4.47. The van der Waals surface area contributed by atoms with Crippen LogP contribution in [0.5, 0.6) is 0 Å². The summed E-state index contributed by atoms with van der Waals surface area (Å²) in [5.41, 5.74) is 4.47. The van der Waals surface area contributed by atoms with E-state index in [1.165, 1.54) is 13.5 Å². The second-order valence-corrected chi connectivity index (χ2v) is 5.71. The van der Waals surface area contributed by atoms with E-state index in [0.29, 0.717) is 5.71 Å². The van der Waals surface area contributed by atoms with Crippen LogP contribution in [0.1, 0.15) is 44.6 Å². The van der Waals surface area contributed by atoms with Gasteiger partial charge in [-0.25, -0.2) is 10.2 Å². The molecule has 0 aliphatic heterocycles. The molecular weight excluding hydrogens is 294 g/mol. The van der Waals surface area contributed by atoms with Crippen LogP contribution in [0.25, 0.3) is 0 Å². The molecule has 23 heavy (non-hydrogen) atoms. The molecule has 0 aromatic heterocycles. The Labute approximate surface area is 136 Å². The maximum Gasteiger partial charge on any atom is 0.427 e. The van der Waals surface area contributed by atoms with Crippen LogP contribution in [0.15, 0.2) is 29.4 Å². The molecule has 2 rings (SSSR count). The van der Waals surface area contributed by atoms with Crippen LogP contribution in [-0.2, 0) is 9.53 Å². The lowest BCUT2D eigenvalue weighted by Crippen LogP contribution is -2.24. The first-order valence-electron chi connectivity index (χ1n) is 7.89. The number of nitrogens with one attached hydrogen (secondary N) is 2. The van der Waals surface area contributed by atoms with E-state index in [-0.39, 0.29) is 11.8 Å². The van der Waals surface area contributed by atoms with Crippen molar-refractivity contribution in [1.29, 1.82) is 0 Å². The smallest absolute Gasteiger partial charge is 0.427 e. The van der Waals surface area contributed by atoms with Crippen LogP contribution in [0, 0.1) is 5.92 Å². The maximum atomic E-state index is 12.3. The Morgan fingerprint density at radius 3 is 2.65 bits per heavy atom. The largest absolute Gasteiger partial charge is 0.452 e. The van der Waals surface area contributed by atoms with E-state index in [4.69, 9.17) is 0 Å². The normalized spacial score (nSPS) is 15.8. The standard InChI is InChI=1S/C17H23N3O3/c1-12(19-20-17(22)23-2)14-9-6-10-15(11-14)18-16(21)13-7-4-3-5-8-13/h6,9-11,13H,3-5,7-8H2,1-2H3,(H,18,21)(H,20,22). The molecule has 1 aliphatic carbocycles. The second-order valence-electron chi connectivity index (χ2n) is 5.71. The van der Waals surface area contributed by atoms with Gasteiger partial charge in [-0.3, -0.25) is 4.79 Å². The molecule has 1 fully saturated rings. The van der Waals surface area contributed by atoms with E-state index in [9.17, 15) is 9.59 Å². The third-order valence-corrected chi connectivity index (χ3v) is 4.02. The van der Waals surface area contributed by atoms with Gasteiger partial charge < -0.3 is 10.1 Å². The predicted octanol–water partition coefficient (Wildman–Crippen LogP) is 3.29. The van der Waals surface area contributed by atoms with Gasteiger partial charge in [0, 0.05) is 11.6 Å². The van der Waals surface area contributed by atoms with Crippen LogP contribution in [-0.4, -0.2) is 24.8 Å². The molecule has 0 heterocycles. The molecule has 0 unspecified atom stereocenters. The molecule has 2 N–H and O–H groups in total. The third kappa shape index (κ3) is 5.09. The van der Waals surface area contributed by atoms with E-state index < -0.39 is 6.09 Å². The Bertz CT molecular complexity index is 593. The summed E-state index contributed by atoms with van der Waals surface area (Å²) in [5.74, 6) is 0.201. The van der Waals surface area contributed by atoms with Gasteiger partial charge in [-0.1, -0.05) is 31.4 Å². The molecule has 6 heteroatoms. The van der Waals surface area contributed by atoms with E-state index in [2.05, 4.69) is 20.6 Å². The molecule has 0 bridgehead atoms. The Morgan fingerprint density at radius 2 is 1.96 bits per heavy atom. The summed E-state index contributed by atoms with van der Waals surface area (Å²) in [6.07, 6.45) is 4.80. The lowest BCUT2D eigenvalue weighted by molar-refractivity contribution is -0.120. The summed E-state index contributed by atoms with van der Waals surface area (Å²) in [5, 5.41) is 6.93. The summed E-state index contributed by atoms with van der Waals surface area (Å²) in [6.45, 7) is 1.78. The summed E-state index contributed by atoms with van der Waals surface area (Å²) >= 11 is 0. The molecule has 0 atom stereocenters. The fourth-order valence-electron chi connectivity index (χ4n) is 2.67. The number of hydrogen-bond acceptors (Lipinski definition) is 4. The number of hydrogen-bond donors (Lipinski definition) is 2. The van der Waals surface area contributed by atoms with E-state index in [0.717, 1.165) is 36.9 Å². The van der Waals surface area contributed by atoms with E-state index in [1.54, 1.807) is 6.92 Å². The molecule has 1 saturated carbocycles. The number of ether oxygens (including phenoxy) is 1. The van der Waals surface area contributed by atoms with Crippen LogP contribution < -0.4 is 10.7 Å². The zero-order valence-corrected chi connectivity index (χ0v) is 13.6. The highest BCUT2D eigenvalue weighted by Crippen LogP contribution is 2.25. The topological polar surface area (TPSA) is 79.8 Å². The van der Waals surface area contributed by atoms with Crippen LogP contribution >= 0.6 is 0 Å². The average Bonchev–Trinajstić information content (AvgIpc) is 2.60. The molecule has 1 aromatic carbocycles. The first-order chi connectivity index (χ1) is 11.1. The fraction of sp³-hybridized carbons (Fsp3) is 0.471. The Balaban J connectivity index is 2.01. The molecule has 2 amide bonds. The summed E-state index contributed by atoms with van der Waals surface area (Å²) in [4.78, 5) is 23.3. The average molecular weight is 317 g/mol. The first-order valence-corrected chi connectivity index (χ1v) is 7.89. The Hall–Kier alpha value is -2.37. The number of methoxy groups -OCH3 is 1. The summed E-state index contributed by atoms with van der Waals surface area (Å²) in [7, 11) is 1.28. The molecule has 0 radical (unpaired) electrons. The number of anilines is 1. The quantitative estimate of drug-likeness (QED) is 0.660. The van der Waals surface area contributed by atoms with Gasteiger partial charge in [0.15, 0.2) is 0 Å². The van der Waals surface area contributed by atoms with E-state index in [1.807, 2.05) is 24.3 Å². The van der Waals surface area contributed by atoms with Crippen molar-refractivity contribution in [2.24, 2.45) is 11.0 Å². The van der Waals surface area contributed by atoms with Gasteiger partial charge in [0.2, 0.25) is 5.91 Å². The molecule has 1 aliphatic rings. The minimum Gasteiger partial charge on any atom is -0.452 e. The van der Waals surface area contributed by atoms with Crippen molar-refractivity contribution >= 4 is 23.4 Å². The number of carbonyl (C=O) groups is 2. The number of rotatable bonds is 4. The molecule has 0 spiro atoms. The van der Waals surface area contributed by atoms with Gasteiger partial charge in [-0.15, -0.1) is 0 Å². The highest BCUT2D eigenvalue weighted by molar-refractivity contribution is 6.01. The second kappa shape index (κ2) is 8.31. The van der Waals surface area contributed by atoms with Crippen molar-refractivity contribution in [1.82, 2.24) is 5.43 Å². The SMILES string of the molecule is COC(=O)NN=C(C)c1cccc(NC(=O)C2CCCCC2)c1. The fourth-order valence-corrected chi connectivity index (χ4v) is 2.67. The van der Waals surface area contributed by atoms with Crippen LogP contribution in [0.4, 0.5) is 10.5 Å². The molecular formula is C17H23N3O3. The van der Waals surface area contributed by atoms with Crippen LogP contribution in [0.3, 0.4) is 0 Å². The first kappa shape index (κ1) is 17.0. The third-order valence-electron chi connectivity index (χ3n) is 4.02. The van der Waals surface area contributed by atoms with Gasteiger partial charge in [-0.2, -0.15) is 5.10 Å². The Morgan fingerprint density at radius 1 is 1.22 bits per heavy atom. The number of carbonyl (C=O) groups excluding carboxylic acids is 2. The van der Waals surface area contributed by atoms with Crippen molar-refractivity contribution in [2.75, 3.05) is 12.4 Å². The maximum absolute atomic E-state index is 12.3. The number of benzene rings is 1. The van der Waals surface area contributed by atoms with Gasteiger partial charge >= 0.3 is 6.09 Å². The van der Waals surface area contributed by atoms with Crippen LogP contribution in [0.2, 0.25) is 0 Å². The van der Waals surface area contributed by atoms with Crippen molar-refractivity contribution < 1.29 is 14.3 Å². The van der Waals surface area contributed by atoms with Gasteiger partial charge in [0.25, 0.3) is 0 Å². The van der Waals surface area contributed by atoms with Crippen molar-refractivity contribution in [3.8, 4) is 0 Å². The van der Waals surface area contributed by atoms with Gasteiger partial charge in [0.1, 0.15) is 0 Å². The van der Waals surface area contributed by atoms with Crippen molar-refractivity contribution in [3.63, 3.8) is 0 Å². The minimum atomic E-state index is -0.619. The van der Waals surface area contributed by atoms with Gasteiger partial charge in [0.05, 0.1) is 12.8 Å². The van der Waals surface area contributed by atoms with Crippen molar-refractivity contribution in [2.45, 2.75) is 39.0 Å². The zero-order chi connectivity index (χ0) is 16.7. The lowest BCUT2D eigenvalue weighted by Gasteiger charge is -2.20. The Kier molecular flexibility index (Phi) is 6.14. The number of hydrazone groups is 1. The predicted molar refractivity (Wildman–Crippen MR) is 89.4 cm³/mol. The molecule has 0 saturated heterocycles. The monoisotopic (exact) mass is 317 g/mol.